The fraction of sp³-hybridized carbons (Fsp3) is 0.320. The maximum absolute atomic E-state index is 12.5. The number of nitrogens with one attached hydrogen (secondary N) is 1. The Balaban J connectivity index is 1.65. The highest BCUT2D eigenvalue weighted by molar-refractivity contribution is 6.31. The van der Waals surface area contributed by atoms with Gasteiger partial charge in [-0.1, -0.05) is 48.5 Å². The second-order valence-electron chi connectivity index (χ2n) is 7.27. The van der Waals surface area contributed by atoms with Crippen molar-refractivity contribution in [3.8, 4) is 11.5 Å². The van der Waals surface area contributed by atoms with E-state index in [-0.39, 0.29) is 11.9 Å². The molecule has 3 rings (SSSR count). The van der Waals surface area contributed by atoms with Crippen molar-refractivity contribution >= 4 is 23.6 Å². The zero-order valence-corrected chi connectivity index (χ0v) is 19.0. The van der Waals surface area contributed by atoms with Crippen LogP contribution in [-0.2, 0) is 9.53 Å². The quantitative estimate of drug-likeness (QED) is 0.430. The molecule has 0 bridgehead atoms. The van der Waals surface area contributed by atoms with E-state index in [0.29, 0.717) is 42.9 Å². The maximum atomic E-state index is 12.5. The van der Waals surface area contributed by atoms with Gasteiger partial charge in [0.15, 0.2) is 11.5 Å². The van der Waals surface area contributed by atoms with Crippen LogP contribution in [0.1, 0.15) is 17.2 Å². The predicted molar refractivity (Wildman–Crippen MR) is 127 cm³/mol. The molecule has 1 atom stereocenters. The van der Waals surface area contributed by atoms with E-state index < -0.39 is 0 Å². The molecule has 2 aromatic carbocycles. The van der Waals surface area contributed by atoms with Gasteiger partial charge >= 0.3 is 0 Å². The normalized spacial score (nSPS) is 15.3. The number of carbonyl (C=O) groups excluding carboxylic acids is 1. The summed E-state index contributed by atoms with van der Waals surface area (Å²) < 4.78 is 16.4. The van der Waals surface area contributed by atoms with Crippen LogP contribution in [0.25, 0.3) is 6.08 Å². The fourth-order valence-corrected chi connectivity index (χ4v) is 3.82. The summed E-state index contributed by atoms with van der Waals surface area (Å²) in [6, 6.07) is 13.2. The molecular formula is C25H29ClN2O4. The zero-order chi connectivity index (χ0) is 22.8. The molecule has 7 heteroatoms. The van der Waals surface area contributed by atoms with Gasteiger partial charge in [0.2, 0.25) is 5.91 Å². The predicted octanol–water partition coefficient (Wildman–Crippen LogP) is 4.12. The lowest BCUT2D eigenvalue weighted by molar-refractivity contribution is -0.116. The van der Waals surface area contributed by atoms with Gasteiger partial charge in [-0.05, 0) is 35.4 Å². The van der Waals surface area contributed by atoms with Crippen molar-refractivity contribution in [2.75, 3.05) is 46.6 Å². The summed E-state index contributed by atoms with van der Waals surface area (Å²) in [6.45, 7) is 7.41. The topological polar surface area (TPSA) is 60.0 Å². The molecular weight excluding hydrogens is 428 g/mol. The molecule has 2 aromatic rings. The second kappa shape index (κ2) is 12.3. The molecule has 1 aliphatic rings. The highest BCUT2D eigenvalue weighted by atomic mass is 35.5. The van der Waals surface area contributed by atoms with Gasteiger partial charge in [0.25, 0.3) is 0 Å². The van der Waals surface area contributed by atoms with E-state index in [1.165, 1.54) is 6.08 Å². The van der Waals surface area contributed by atoms with Crippen LogP contribution in [0.3, 0.4) is 0 Å². The summed E-state index contributed by atoms with van der Waals surface area (Å²) in [5, 5.41) is 3.70. The minimum atomic E-state index is -0.179. The summed E-state index contributed by atoms with van der Waals surface area (Å²) in [5.74, 6) is 1.05. The monoisotopic (exact) mass is 456 g/mol. The van der Waals surface area contributed by atoms with Crippen LogP contribution in [-0.4, -0.2) is 57.4 Å². The first-order valence-corrected chi connectivity index (χ1v) is 10.9. The molecule has 0 radical (unpaired) electrons. The lowest BCUT2D eigenvalue weighted by Crippen LogP contribution is -2.43. The molecule has 1 aliphatic heterocycles. The Bertz CT molecular complexity index is 941. The zero-order valence-electron chi connectivity index (χ0n) is 18.3. The van der Waals surface area contributed by atoms with Crippen LogP contribution in [0.2, 0.25) is 5.02 Å². The van der Waals surface area contributed by atoms with E-state index in [2.05, 4.69) is 16.8 Å². The van der Waals surface area contributed by atoms with E-state index in [9.17, 15) is 4.79 Å². The molecule has 32 heavy (non-hydrogen) atoms. The lowest BCUT2D eigenvalue weighted by Gasteiger charge is -2.35. The number of benzene rings is 2. The Labute approximate surface area is 194 Å². The first kappa shape index (κ1) is 23.9. The summed E-state index contributed by atoms with van der Waals surface area (Å²) in [6.07, 6.45) is 4.93. The first-order chi connectivity index (χ1) is 15.6. The van der Waals surface area contributed by atoms with Crippen molar-refractivity contribution < 1.29 is 19.0 Å². The van der Waals surface area contributed by atoms with Gasteiger partial charge < -0.3 is 19.5 Å². The SMILES string of the molecule is C=CCOc1ccc(/C=C/C(=O)NCC(c2ccccc2Cl)N2CCOCC2)cc1OC. The second-order valence-corrected chi connectivity index (χ2v) is 7.68. The van der Waals surface area contributed by atoms with Crippen molar-refractivity contribution in [1.82, 2.24) is 10.2 Å². The summed E-state index contributed by atoms with van der Waals surface area (Å²) >= 11 is 6.46. The molecule has 1 fully saturated rings. The van der Waals surface area contributed by atoms with Gasteiger partial charge in [0, 0.05) is 30.7 Å². The van der Waals surface area contributed by atoms with E-state index in [1.54, 1.807) is 19.3 Å². The van der Waals surface area contributed by atoms with Gasteiger partial charge in [-0.2, -0.15) is 0 Å². The summed E-state index contributed by atoms with van der Waals surface area (Å²) in [7, 11) is 1.58. The van der Waals surface area contributed by atoms with Gasteiger partial charge in [0.05, 0.1) is 26.4 Å². The molecule has 6 nitrogen and oxygen atoms in total. The number of ether oxygens (including phenoxy) is 3. The average molecular weight is 457 g/mol. The number of hydrogen-bond donors (Lipinski definition) is 1. The van der Waals surface area contributed by atoms with Crippen molar-refractivity contribution in [3.63, 3.8) is 0 Å². The van der Waals surface area contributed by atoms with Crippen LogP contribution in [0.15, 0.2) is 61.2 Å². The number of morpholine rings is 1. The molecule has 0 spiro atoms. The van der Waals surface area contributed by atoms with E-state index in [0.717, 1.165) is 24.2 Å². The number of carbonyl (C=O) groups is 1. The van der Waals surface area contributed by atoms with Crippen molar-refractivity contribution in [2.24, 2.45) is 0 Å². The Kier molecular flexibility index (Phi) is 9.16. The van der Waals surface area contributed by atoms with Gasteiger partial charge in [-0.25, -0.2) is 0 Å². The van der Waals surface area contributed by atoms with Crippen molar-refractivity contribution in [3.05, 3.63) is 77.3 Å². The van der Waals surface area contributed by atoms with Crippen molar-refractivity contribution in [2.45, 2.75) is 6.04 Å². The summed E-state index contributed by atoms with van der Waals surface area (Å²) in [4.78, 5) is 14.8. The summed E-state index contributed by atoms with van der Waals surface area (Å²) in [5.41, 5.74) is 1.83. The Morgan fingerprint density at radius 3 is 2.75 bits per heavy atom. The number of halogens is 1. The number of hydrogen-bond acceptors (Lipinski definition) is 5. The maximum Gasteiger partial charge on any atom is 0.244 e. The average Bonchev–Trinajstić information content (AvgIpc) is 2.83. The number of amides is 1. The highest BCUT2D eigenvalue weighted by Gasteiger charge is 2.24. The van der Waals surface area contributed by atoms with E-state index >= 15 is 0 Å². The third-order valence-electron chi connectivity index (χ3n) is 5.19. The number of nitrogens with zero attached hydrogens (tertiary/aromatic N) is 1. The lowest BCUT2D eigenvalue weighted by atomic mass is 10.0. The van der Waals surface area contributed by atoms with Gasteiger partial charge in [0.1, 0.15) is 6.61 Å². The first-order valence-electron chi connectivity index (χ1n) is 10.6. The molecule has 0 aliphatic carbocycles. The molecule has 1 N–H and O–H groups in total. The standard InChI is InChI=1S/C25H29ClN2O4/c1-3-14-32-23-10-8-19(17-24(23)30-2)9-11-25(29)27-18-22(28-12-15-31-16-13-28)20-6-4-5-7-21(20)26/h3-11,17,22H,1,12-16,18H2,2H3,(H,27,29)/b11-9+. The van der Waals surface area contributed by atoms with Gasteiger partial charge in [-0.3, -0.25) is 9.69 Å². The Morgan fingerprint density at radius 1 is 1.25 bits per heavy atom. The largest absolute Gasteiger partial charge is 0.493 e. The third kappa shape index (κ3) is 6.60. The Morgan fingerprint density at radius 2 is 2.03 bits per heavy atom. The van der Waals surface area contributed by atoms with Gasteiger partial charge in [-0.15, -0.1) is 0 Å². The van der Waals surface area contributed by atoms with Crippen LogP contribution in [0, 0.1) is 0 Å². The number of rotatable bonds is 10. The van der Waals surface area contributed by atoms with Crippen molar-refractivity contribution in [1.29, 1.82) is 0 Å². The third-order valence-corrected chi connectivity index (χ3v) is 5.54. The van der Waals surface area contributed by atoms with E-state index in [1.807, 2.05) is 42.5 Å². The molecule has 1 saturated heterocycles. The van der Waals surface area contributed by atoms with Crippen LogP contribution in [0.5, 0.6) is 11.5 Å². The minimum absolute atomic E-state index is 0.0219. The van der Waals surface area contributed by atoms with Crippen LogP contribution >= 0.6 is 11.6 Å². The molecule has 1 heterocycles. The van der Waals surface area contributed by atoms with Crippen LogP contribution < -0.4 is 14.8 Å². The smallest absolute Gasteiger partial charge is 0.244 e. The molecule has 1 unspecified atom stereocenters. The Hall–Kier alpha value is -2.80. The van der Waals surface area contributed by atoms with E-state index in [4.69, 9.17) is 25.8 Å². The highest BCUT2D eigenvalue weighted by Crippen LogP contribution is 2.29. The molecule has 1 amide bonds. The minimum Gasteiger partial charge on any atom is -0.493 e. The molecule has 0 saturated carbocycles. The fourth-order valence-electron chi connectivity index (χ4n) is 3.55. The molecule has 0 aromatic heterocycles. The molecule has 170 valence electrons. The van der Waals surface area contributed by atoms with Crippen LogP contribution in [0.4, 0.5) is 0 Å². The number of methoxy groups -OCH3 is 1.